The molecule has 0 aliphatic rings. The molecule has 0 fully saturated rings. The molecular weight excluding hydrogens is 343 g/mol. The predicted octanol–water partition coefficient (Wildman–Crippen LogP) is 1.36. The second kappa shape index (κ2) is 8.00. The summed E-state index contributed by atoms with van der Waals surface area (Å²) in [7, 11) is -4.25. The Morgan fingerprint density at radius 2 is 1.83 bits per heavy atom. The number of non-ortho nitro benzene ring substituents is 1. The summed E-state index contributed by atoms with van der Waals surface area (Å²) in [5.74, 6) is -1.93. The highest BCUT2D eigenvalue weighted by atomic mass is 31.2. The SMILES string of the molecule is C[C@H](C(=O)O)N(C(=O)CCCP(=O)(O)O)c1ccc([N+](=O)[O-])cc1. The summed E-state index contributed by atoms with van der Waals surface area (Å²) in [5.41, 5.74) is -0.0627. The van der Waals surface area contributed by atoms with Crippen molar-refractivity contribution in [3.63, 3.8) is 0 Å². The second-order valence-electron chi connectivity index (χ2n) is 5.04. The highest BCUT2D eigenvalue weighted by Gasteiger charge is 2.27. The topological polar surface area (TPSA) is 158 Å². The van der Waals surface area contributed by atoms with E-state index in [9.17, 15) is 24.3 Å². The van der Waals surface area contributed by atoms with Gasteiger partial charge >= 0.3 is 13.6 Å². The van der Waals surface area contributed by atoms with Crippen LogP contribution in [0.1, 0.15) is 19.8 Å². The average molecular weight is 360 g/mol. The van der Waals surface area contributed by atoms with Gasteiger partial charge in [-0.15, -0.1) is 0 Å². The summed E-state index contributed by atoms with van der Waals surface area (Å²) < 4.78 is 10.8. The fraction of sp³-hybridized carbons (Fsp3) is 0.385. The van der Waals surface area contributed by atoms with Crippen LogP contribution in [0.3, 0.4) is 0 Å². The number of anilines is 1. The quantitative estimate of drug-likeness (QED) is 0.356. The van der Waals surface area contributed by atoms with Crippen molar-refractivity contribution in [1.82, 2.24) is 0 Å². The van der Waals surface area contributed by atoms with Crippen LogP contribution in [-0.2, 0) is 14.2 Å². The molecule has 3 N–H and O–H groups in total. The first kappa shape index (κ1) is 19.8. The number of amides is 1. The maximum atomic E-state index is 12.3. The molecule has 1 amide bonds. The summed E-state index contributed by atoms with van der Waals surface area (Å²) in [6, 6.07) is 3.53. The highest BCUT2D eigenvalue weighted by Crippen LogP contribution is 2.35. The van der Waals surface area contributed by atoms with Gasteiger partial charge in [0.05, 0.1) is 11.1 Å². The number of carbonyl (C=O) groups is 2. The Bertz CT molecular complexity index is 669. The largest absolute Gasteiger partial charge is 0.480 e. The number of aliphatic carboxylic acids is 1. The summed E-state index contributed by atoms with van der Waals surface area (Å²) in [4.78, 5) is 52.0. The van der Waals surface area contributed by atoms with Gasteiger partial charge in [0, 0.05) is 24.2 Å². The maximum Gasteiger partial charge on any atom is 0.326 e. The molecule has 0 spiro atoms. The Morgan fingerprint density at radius 1 is 1.29 bits per heavy atom. The average Bonchev–Trinajstić information content (AvgIpc) is 2.46. The van der Waals surface area contributed by atoms with Crippen LogP contribution in [0.5, 0.6) is 0 Å². The van der Waals surface area contributed by atoms with Gasteiger partial charge < -0.3 is 14.9 Å². The highest BCUT2D eigenvalue weighted by molar-refractivity contribution is 7.51. The van der Waals surface area contributed by atoms with Crippen LogP contribution in [0.15, 0.2) is 24.3 Å². The number of nitro benzene ring substituents is 1. The summed E-state index contributed by atoms with van der Waals surface area (Å²) in [5, 5.41) is 19.8. The number of benzene rings is 1. The Hall–Kier alpha value is -2.29. The third-order valence-corrected chi connectivity index (χ3v) is 4.09. The van der Waals surface area contributed by atoms with E-state index in [1.165, 1.54) is 19.1 Å². The lowest BCUT2D eigenvalue weighted by molar-refractivity contribution is -0.384. The van der Waals surface area contributed by atoms with Gasteiger partial charge in [0.2, 0.25) is 5.91 Å². The van der Waals surface area contributed by atoms with Crippen LogP contribution in [0.4, 0.5) is 11.4 Å². The van der Waals surface area contributed by atoms with Crippen LogP contribution >= 0.6 is 7.60 Å². The van der Waals surface area contributed by atoms with Gasteiger partial charge in [-0.3, -0.25) is 24.4 Å². The number of carboxylic acids is 1. The Labute approximate surface area is 137 Å². The van der Waals surface area contributed by atoms with Gasteiger partial charge in [0.15, 0.2) is 0 Å². The summed E-state index contributed by atoms with van der Waals surface area (Å²) >= 11 is 0. The van der Waals surface area contributed by atoms with Gasteiger partial charge in [-0.2, -0.15) is 0 Å². The molecule has 0 saturated heterocycles. The maximum absolute atomic E-state index is 12.3. The van der Waals surface area contributed by atoms with E-state index < -0.39 is 36.6 Å². The van der Waals surface area contributed by atoms with Crippen LogP contribution in [0.2, 0.25) is 0 Å². The van der Waals surface area contributed by atoms with Crippen LogP contribution in [-0.4, -0.2) is 43.9 Å². The zero-order valence-electron chi connectivity index (χ0n) is 12.7. The van der Waals surface area contributed by atoms with E-state index in [1.807, 2.05) is 0 Å². The number of rotatable bonds is 8. The predicted molar refractivity (Wildman–Crippen MR) is 83.8 cm³/mol. The third kappa shape index (κ3) is 5.73. The van der Waals surface area contributed by atoms with Crippen molar-refractivity contribution in [2.45, 2.75) is 25.8 Å². The normalized spacial score (nSPS) is 12.5. The van der Waals surface area contributed by atoms with Crippen LogP contribution in [0.25, 0.3) is 0 Å². The van der Waals surface area contributed by atoms with E-state index >= 15 is 0 Å². The fourth-order valence-corrected chi connectivity index (χ4v) is 2.56. The molecule has 11 heteroatoms. The third-order valence-electron chi connectivity index (χ3n) is 3.19. The van der Waals surface area contributed by atoms with E-state index in [-0.39, 0.29) is 24.2 Å². The first-order valence-electron chi connectivity index (χ1n) is 6.87. The zero-order valence-corrected chi connectivity index (χ0v) is 13.6. The van der Waals surface area contributed by atoms with Gasteiger partial charge in [0.1, 0.15) is 6.04 Å². The Balaban J connectivity index is 2.99. The molecule has 0 bridgehead atoms. The van der Waals surface area contributed by atoms with Crippen molar-refractivity contribution in [2.24, 2.45) is 0 Å². The molecule has 0 aliphatic heterocycles. The molecule has 24 heavy (non-hydrogen) atoms. The molecule has 1 aromatic rings. The first-order chi connectivity index (χ1) is 11.0. The van der Waals surface area contributed by atoms with Gasteiger partial charge in [-0.25, -0.2) is 4.79 Å². The molecule has 1 atom stereocenters. The molecule has 132 valence electrons. The number of hydrogen-bond acceptors (Lipinski definition) is 5. The van der Waals surface area contributed by atoms with Gasteiger partial charge in [-0.1, -0.05) is 0 Å². The van der Waals surface area contributed by atoms with Crippen LogP contribution in [0, 0.1) is 10.1 Å². The van der Waals surface area contributed by atoms with Crippen molar-refractivity contribution in [1.29, 1.82) is 0 Å². The smallest absolute Gasteiger partial charge is 0.326 e. The van der Waals surface area contributed by atoms with Gasteiger partial charge in [-0.05, 0) is 25.5 Å². The molecule has 0 aromatic heterocycles. The summed E-state index contributed by atoms with van der Waals surface area (Å²) in [6.45, 7) is 1.27. The van der Waals surface area contributed by atoms with E-state index in [0.717, 1.165) is 17.0 Å². The van der Waals surface area contributed by atoms with Gasteiger partial charge in [0.25, 0.3) is 5.69 Å². The van der Waals surface area contributed by atoms with E-state index in [0.29, 0.717) is 0 Å². The van der Waals surface area contributed by atoms with E-state index in [4.69, 9.17) is 14.9 Å². The van der Waals surface area contributed by atoms with Crippen molar-refractivity contribution >= 4 is 30.8 Å². The van der Waals surface area contributed by atoms with Crippen LogP contribution < -0.4 is 4.90 Å². The molecule has 10 nitrogen and oxygen atoms in total. The zero-order chi connectivity index (χ0) is 18.5. The van der Waals surface area contributed by atoms with E-state index in [2.05, 4.69) is 0 Å². The van der Waals surface area contributed by atoms with Crippen molar-refractivity contribution in [2.75, 3.05) is 11.1 Å². The number of carbonyl (C=O) groups excluding carboxylic acids is 1. The molecular formula is C13H17N2O8P. The number of carboxylic acid groups (broad SMARTS) is 1. The lowest BCUT2D eigenvalue weighted by atomic mass is 10.1. The lowest BCUT2D eigenvalue weighted by Gasteiger charge is -2.26. The monoisotopic (exact) mass is 360 g/mol. The molecule has 0 radical (unpaired) electrons. The molecule has 0 aliphatic carbocycles. The minimum absolute atomic E-state index is 0.112. The first-order valence-corrected chi connectivity index (χ1v) is 8.66. The number of nitro groups is 1. The van der Waals surface area contributed by atoms with Crippen molar-refractivity contribution in [3.05, 3.63) is 34.4 Å². The molecule has 1 aromatic carbocycles. The number of hydrogen-bond donors (Lipinski definition) is 3. The molecule has 0 heterocycles. The Morgan fingerprint density at radius 3 is 2.25 bits per heavy atom. The molecule has 0 saturated carbocycles. The fourth-order valence-electron chi connectivity index (χ4n) is 1.99. The van der Waals surface area contributed by atoms with Crippen molar-refractivity contribution in [3.8, 4) is 0 Å². The summed E-state index contributed by atoms with van der Waals surface area (Å²) in [6.07, 6.45) is -0.868. The van der Waals surface area contributed by atoms with Crippen molar-refractivity contribution < 1.29 is 34.0 Å². The number of nitrogens with zero attached hydrogens (tertiary/aromatic N) is 2. The molecule has 1 rings (SSSR count). The molecule has 0 unspecified atom stereocenters. The minimum Gasteiger partial charge on any atom is -0.480 e. The standard InChI is InChI=1S/C13H17N2O8P/c1-9(13(17)18)14(12(16)3-2-8-24(21,22)23)10-4-6-11(7-5-10)15(19)20/h4-7,9H,2-3,8H2,1H3,(H,17,18)(H2,21,22,23)/t9-/m1/s1. The minimum atomic E-state index is -4.25. The lowest BCUT2D eigenvalue weighted by Crippen LogP contribution is -2.43. The second-order valence-corrected chi connectivity index (χ2v) is 6.82. The van der Waals surface area contributed by atoms with E-state index in [1.54, 1.807) is 0 Å². The Kier molecular flexibility index (Phi) is 6.59.